The Morgan fingerprint density at radius 3 is 2.25 bits per heavy atom. The maximum absolute atomic E-state index is 13.8. The van der Waals surface area contributed by atoms with Crippen LogP contribution >= 0.6 is 0 Å². The Hall–Kier alpha value is -5.50. The number of nitrogens with two attached hydrogens (primary N) is 4. The number of benzene rings is 1. The summed E-state index contributed by atoms with van der Waals surface area (Å²) >= 11 is 0. The zero-order valence-electron chi connectivity index (χ0n) is 33.0. The highest BCUT2D eigenvalue weighted by Crippen LogP contribution is 2.21. The van der Waals surface area contributed by atoms with E-state index in [1.54, 1.807) is 49.9 Å². The first-order valence-corrected chi connectivity index (χ1v) is 19.2. The number of hydrogen-bond donors (Lipinski definition) is 10. The van der Waals surface area contributed by atoms with Crippen molar-refractivity contribution in [1.82, 2.24) is 31.5 Å². The van der Waals surface area contributed by atoms with Crippen molar-refractivity contribution in [3.05, 3.63) is 29.8 Å². The predicted molar refractivity (Wildman–Crippen MR) is 208 cm³/mol. The van der Waals surface area contributed by atoms with Gasteiger partial charge in [-0.15, -0.1) is 0 Å². The van der Waals surface area contributed by atoms with Gasteiger partial charge in [-0.25, -0.2) is 0 Å². The van der Waals surface area contributed by atoms with E-state index in [0.29, 0.717) is 37.1 Å². The van der Waals surface area contributed by atoms with Crippen molar-refractivity contribution in [1.29, 1.82) is 0 Å². The van der Waals surface area contributed by atoms with Crippen LogP contribution < -0.4 is 54.3 Å². The fraction of sp³-hybridized carbons (Fsp3) is 0.622. The van der Waals surface area contributed by atoms with Gasteiger partial charge in [0.05, 0.1) is 18.2 Å². The predicted octanol–water partition coefficient (Wildman–Crippen LogP) is -3.40. The minimum absolute atomic E-state index is 0.0245. The molecule has 316 valence electrons. The molecule has 20 nitrogen and oxygen atoms in total. The van der Waals surface area contributed by atoms with Crippen LogP contribution in [-0.4, -0.2) is 126 Å². The Balaban J connectivity index is 1.85. The standard InChI is InChI=1S/C37H59N11O9/c1-5-20(4)29(35(55)45-28(19(2)3)31(38)51)46-34(54)25-9-7-15-48(25)17-26(49)24-16-21-10-12-22(13-11-21)57-18-27(50)43-23(8-6-14-42-37(40)41)33(53)47-30(32(39)52)36(56)44-24/h10-13,19-20,23-26,28-30,49H,5-9,14-18H2,1-4H3,(H2,38,51)(H2,39,52)(H,43,50)(H,44,56)(H,45,55)(H,46,54)(H,47,53)(H4,40,41,42)/t20-,23-,24-,25-,26+,28-,29-,30-/m0/s1. The smallest absolute Gasteiger partial charge is 0.258 e. The van der Waals surface area contributed by atoms with Gasteiger partial charge in [0.25, 0.3) is 11.8 Å². The number of nitrogens with one attached hydrogen (secondary N) is 5. The van der Waals surface area contributed by atoms with Crippen LogP contribution in [0.5, 0.6) is 5.75 Å². The van der Waals surface area contributed by atoms with E-state index in [1.807, 2.05) is 6.92 Å². The Morgan fingerprint density at radius 2 is 1.65 bits per heavy atom. The number of carbonyl (C=O) groups is 7. The molecule has 1 aromatic rings. The third-order valence-corrected chi connectivity index (χ3v) is 10.1. The van der Waals surface area contributed by atoms with E-state index in [1.165, 1.54) is 0 Å². The number of primary amides is 2. The van der Waals surface area contributed by atoms with Gasteiger partial charge in [0.1, 0.15) is 23.9 Å². The number of β-amino-alcohol motifs (C(OH)–C–C–N with tert-alkyl or cyclic N) is 1. The number of guanidine groups is 1. The van der Waals surface area contributed by atoms with Crippen molar-refractivity contribution >= 4 is 47.3 Å². The lowest BCUT2D eigenvalue weighted by atomic mass is 9.96. The fourth-order valence-electron chi connectivity index (χ4n) is 6.66. The van der Waals surface area contributed by atoms with E-state index in [9.17, 15) is 38.7 Å². The van der Waals surface area contributed by atoms with Crippen molar-refractivity contribution in [3.8, 4) is 5.75 Å². The Labute approximate surface area is 332 Å². The molecule has 0 saturated carbocycles. The third kappa shape index (κ3) is 13.9. The minimum atomic E-state index is -1.89. The molecular formula is C37H59N11O9. The summed E-state index contributed by atoms with van der Waals surface area (Å²) in [7, 11) is 0. The van der Waals surface area contributed by atoms with Crippen molar-refractivity contribution in [2.24, 2.45) is 39.8 Å². The molecule has 7 amide bonds. The van der Waals surface area contributed by atoms with Crippen LogP contribution in [0.1, 0.15) is 65.4 Å². The summed E-state index contributed by atoms with van der Waals surface area (Å²) in [5.41, 5.74) is 22.5. The molecule has 57 heavy (non-hydrogen) atoms. The molecule has 4 rings (SSSR count). The number of rotatable bonds is 16. The SMILES string of the molecule is CC[C@H](C)[C@H](NC(=O)[C@@H]1CCCN1C[C@@H](O)[C@@H]1Cc2ccc(cc2)OCC(=O)N[C@@H](CCCN=C(N)N)C(=O)N[C@@H](C(N)=O)C(=O)N1)C(=O)N[C@H](C(N)=O)C(C)C. The largest absolute Gasteiger partial charge is 0.484 e. The Kier molecular flexibility index (Phi) is 17.5. The molecule has 2 bridgehead atoms. The summed E-state index contributed by atoms with van der Waals surface area (Å²) in [4.78, 5) is 97.2. The van der Waals surface area contributed by atoms with Crippen LogP contribution in [0.25, 0.3) is 0 Å². The molecule has 0 radical (unpaired) electrons. The first-order valence-electron chi connectivity index (χ1n) is 19.2. The average Bonchev–Trinajstić information content (AvgIpc) is 3.62. The number of ether oxygens (including phenoxy) is 1. The summed E-state index contributed by atoms with van der Waals surface area (Å²) in [6.07, 6.45) is 0.551. The van der Waals surface area contributed by atoms with E-state index in [4.69, 9.17) is 27.7 Å². The zero-order chi connectivity index (χ0) is 42.4. The maximum Gasteiger partial charge on any atom is 0.258 e. The number of aliphatic hydroxyl groups excluding tert-OH is 1. The second-order valence-electron chi connectivity index (χ2n) is 14.9. The van der Waals surface area contributed by atoms with Gasteiger partial charge >= 0.3 is 0 Å². The van der Waals surface area contributed by atoms with Gasteiger partial charge in [0, 0.05) is 13.1 Å². The van der Waals surface area contributed by atoms with Crippen LogP contribution in [0.4, 0.5) is 0 Å². The van der Waals surface area contributed by atoms with Crippen LogP contribution in [0.2, 0.25) is 0 Å². The molecule has 3 aliphatic heterocycles. The quantitative estimate of drug-likeness (QED) is 0.0257. The number of aliphatic hydroxyl groups is 1. The monoisotopic (exact) mass is 801 g/mol. The van der Waals surface area contributed by atoms with Crippen molar-refractivity contribution in [2.45, 2.75) is 109 Å². The lowest BCUT2D eigenvalue weighted by molar-refractivity contribution is -0.137. The second kappa shape index (κ2) is 21.7. The molecule has 14 N–H and O–H groups in total. The second-order valence-corrected chi connectivity index (χ2v) is 14.9. The highest BCUT2D eigenvalue weighted by atomic mass is 16.5. The molecule has 1 aromatic carbocycles. The van der Waals surface area contributed by atoms with Gasteiger partial charge in [0.15, 0.2) is 18.6 Å². The molecule has 0 aromatic heterocycles. The maximum atomic E-state index is 13.8. The molecule has 0 unspecified atom stereocenters. The van der Waals surface area contributed by atoms with Gasteiger partial charge in [-0.05, 0) is 68.2 Å². The van der Waals surface area contributed by atoms with Crippen LogP contribution in [-0.2, 0) is 40.0 Å². The van der Waals surface area contributed by atoms with E-state index in [2.05, 4.69) is 31.6 Å². The minimum Gasteiger partial charge on any atom is -0.484 e. The molecule has 0 spiro atoms. The summed E-state index contributed by atoms with van der Waals surface area (Å²) in [6.45, 7) is 7.16. The lowest BCUT2D eigenvalue weighted by Crippen LogP contribution is -2.61. The fourth-order valence-corrected chi connectivity index (χ4v) is 6.66. The van der Waals surface area contributed by atoms with Gasteiger partial charge in [-0.3, -0.25) is 43.5 Å². The first-order chi connectivity index (χ1) is 26.9. The Morgan fingerprint density at radius 1 is 0.965 bits per heavy atom. The number of amides is 7. The van der Waals surface area contributed by atoms with Crippen LogP contribution in [0, 0.1) is 11.8 Å². The van der Waals surface area contributed by atoms with Crippen molar-refractivity contribution < 1.29 is 43.4 Å². The number of carbonyl (C=O) groups excluding carboxylic acids is 7. The lowest BCUT2D eigenvalue weighted by Gasteiger charge is -2.33. The van der Waals surface area contributed by atoms with Crippen LogP contribution in [0.15, 0.2) is 29.3 Å². The molecule has 1 saturated heterocycles. The number of nitrogens with zero attached hydrogens (tertiary/aromatic N) is 2. The van der Waals surface area contributed by atoms with E-state index in [-0.39, 0.29) is 50.1 Å². The number of hydrogen-bond acceptors (Lipinski definition) is 11. The molecule has 3 heterocycles. The number of fused-ring (bicyclic) bond motifs is 13. The summed E-state index contributed by atoms with van der Waals surface area (Å²) in [5.74, 6) is -5.81. The van der Waals surface area contributed by atoms with E-state index in [0.717, 1.165) is 0 Å². The van der Waals surface area contributed by atoms with Gasteiger partial charge in [-0.1, -0.05) is 46.2 Å². The van der Waals surface area contributed by atoms with Crippen molar-refractivity contribution in [3.63, 3.8) is 0 Å². The highest BCUT2D eigenvalue weighted by Gasteiger charge is 2.39. The van der Waals surface area contributed by atoms with Crippen LogP contribution in [0.3, 0.4) is 0 Å². The van der Waals surface area contributed by atoms with Gasteiger partial charge in [0.2, 0.25) is 29.5 Å². The topological polar surface area (TPSA) is 329 Å². The average molecular weight is 802 g/mol. The van der Waals surface area contributed by atoms with Gasteiger partial charge < -0.3 is 59.4 Å². The Bertz CT molecular complexity index is 1620. The molecule has 8 atom stereocenters. The highest BCUT2D eigenvalue weighted by molar-refractivity contribution is 6.07. The summed E-state index contributed by atoms with van der Waals surface area (Å²) in [5, 5.41) is 24.7. The molecule has 1 fully saturated rings. The van der Waals surface area contributed by atoms with Gasteiger partial charge in [-0.2, -0.15) is 0 Å². The summed E-state index contributed by atoms with van der Waals surface area (Å²) < 4.78 is 5.61. The summed E-state index contributed by atoms with van der Waals surface area (Å²) in [6, 6.07) is -0.272. The number of aliphatic imine (C=N–C) groups is 1. The normalized spacial score (nSPS) is 22.8. The molecule has 3 aliphatic rings. The zero-order valence-corrected chi connectivity index (χ0v) is 33.0. The molecule has 0 aliphatic carbocycles. The van der Waals surface area contributed by atoms with E-state index >= 15 is 0 Å². The van der Waals surface area contributed by atoms with Crippen molar-refractivity contribution in [2.75, 3.05) is 26.2 Å². The number of likely N-dealkylation sites (tertiary alicyclic amines) is 1. The van der Waals surface area contributed by atoms with E-state index < -0.39 is 90.3 Å². The first kappa shape index (κ1) is 45.9. The third-order valence-electron chi connectivity index (χ3n) is 10.1. The molecule has 20 heteroatoms. The molecular weight excluding hydrogens is 742 g/mol.